The minimum absolute atomic E-state index is 0.0643. The Morgan fingerprint density at radius 2 is 1.86 bits per heavy atom. The van der Waals surface area contributed by atoms with Crippen LogP contribution < -0.4 is 5.73 Å². The molecule has 1 aromatic carbocycles. The summed E-state index contributed by atoms with van der Waals surface area (Å²) < 4.78 is 2.03. The smallest absolute Gasteiger partial charge is 0.235 e. The summed E-state index contributed by atoms with van der Waals surface area (Å²) in [4.78, 5) is 37.7. The quantitative estimate of drug-likeness (QED) is 0.400. The molecule has 8 nitrogen and oxygen atoms in total. The number of ketones is 1. The number of aromatic nitrogens is 2. The fraction of sp³-hybridized carbons (Fsp3) is 0.407. The highest BCUT2D eigenvalue weighted by molar-refractivity contribution is 6.09. The summed E-state index contributed by atoms with van der Waals surface area (Å²) in [5, 5.41) is 0. The molecule has 2 N–H and O–H groups in total. The summed E-state index contributed by atoms with van der Waals surface area (Å²) in [7, 11) is 3.65. The van der Waals surface area contributed by atoms with Gasteiger partial charge in [0, 0.05) is 17.6 Å². The second-order valence-electron chi connectivity index (χ2n) is 9.48. The van der Waals surface area contributed by atoms with Crippen LogP contribution in [0.5, 0.6) is 0 Å². The molecule has 2 aromatic heterocycles. The first-order valence-corrected chi connectivity index (χ1v) is 12.0. The van der Waals surface area contributed by atoms with Crippen molar-refractivity contribution in [2.24, 2.45) is 5.73 Å². The van der Waals surface area contributed by atoms with Crippen molar-refractivity contribution < 1.29 is 9.59 Å². The first-order chi connectivity index (χ1) is 16.8. The van der Waals surface area contributed by atoms with Gasteiger partial charge < -0.3 is 10.3 Å². The molecule has 182 valence electrons. The first kappa shape index (κ1) is 24.6. The van der Waals surface area contributed by atoms with Gasteiger partial charge in [0.2, 0.25) is 5.91 Å². The van der Waals surface area contributed by atoms with Crippen LogP contribution in [0.1, 0.15) is 40.9 Å². The second kappa shape index (κ2) is 10.4. The lowest BCUT2D eigenvalue weighted by Gasteiger charge is -2.25. The summed E-state index contributed by atoms with van der Waals surface area (Å²) in [6.45, 7) is 11.5. The lowest BCUT2D eigenvalue weighted by molar-refractivity contribution is -0.122. The van der Waals surface area contributed by atoms with Gasteiger partial charge in [-0.2, -0.15) is 0 Å². The second-order valence-corrected chi connectivity index (χ2v) is 9.48. The van der Waals surface area contributed by atoms with E-state index in [4.69, 9.17) is 17.3 Å². The van der Waals surface area contributed by atoms with Crippen molar-refractivity contribution in [3.63, 3.8) is 0 Å². The molecule has 1 amide bonds. The maximum absolute atomic E-state index is 13.5. The molecule has 8 heteroatoms. The number of carbonyl (C=O) groups is 2. The maximum atomic E-state index is 13.5. The van der Waals surface area contributed by atoms with Crippen LogP contribution in [0, 0.1) is 13.5 Å². The predicted octanol–water partition coefficient (Wildman–Crippen LogP) is 3.51. The molecular weight excluding hydrogens is 440 g/mol. The fourth-order valence-corrected chi connectivity index (χ4v) is 4.94. The average Bonchev–Trinajstić information content (AvgIpc) is 3.13. The SMILES string of the molecule is [C-]#[N+]c1ccc(-n2c(C)c(C(=O)CN3CCCCC3)c3ncc(CC(C(N)=O)N(C)C)cc32)cc1. The summed E-state index contributed by atoms with van der Waals surface area (Å²) >= 11 is 0. The number of amides is 1. The van der Waals surface area contributed by atoms with Gasteiger partial charge in [0.1, 0.15) is 0 Å². The molecule has 1 fully saturated rings. The van der Waals surface area contributed by atoms with Crippen molar-refractivity contribution in [1.82, 2.24) is 19.4 Å². The molecule has 0 spiro atoms. The van der Waals surface area contributed by atoms with Crippen molar-refractivity contribution in [3.05, 3.63) is 64.8 Å². The van der Waals surface area contributed by atoms with Gasteiger partial charge in [-0.15, -0.1) is 0 Å². The van der Waals surface area contributed by atoms with Gasteiger partial charge in [-0.1, -0.05) is 18.6 Å². The van der Waals surface area contributed by atoms with E-state index in [2.05, 4.69) is 9.74 Å². The number of hydrogen-bond acceptors (Lipinski definition) is 5. The van der Waals surface area contributed by atoms with E-state index in [1.54, 1.807) is 23.2 Å². The molecular formula is C27H32N6O2. The number of nitrogens with zero attached hydrogens (tertiary/aromatic N) is 5. The lowest BCUT2D eigenvalue weighted by Crippen LogP contribution is -2.42. The number of benzene rings is 1. The van der Waals surface area contributed by atoms with E-state index in [-0.39, 0.29) is 5.78 Å². The zero-order valence-corrected chi connectivity index (χ0v) is 20.6. The van der Waals surface area contributed by atoms with Crippen molar-refractivity contribution in [1.29, 1.82) is 0 Å². The number of nitrogens with two attached hydrogens (primary N) is 1. The number of Topliss-reactive ketones (excluding diaryl/α,β-unsaturated/α-hetero) is 1. The van der Waals surface area contributed by atoms with Crippen molar-refractivity contribution in [3.8, 4) is 5.69 Å². The zero-order chi connectivity index (χ0) is 25.1. The highest BCUT2D eigenvalue weighted by Crippen LogP contribution is 2.30. The van der Waals surface area contributed by atoms with E-state index in [1.165, 1.54) is 6.42 Å². The molecule has 1 saturated heterocycles. The number of primary amides is 1. The van der Waals surface area contributed by atoms with E-state index in [9.17, 15) is 9.59 Å². The highest BCUT2D eigenvalue weighted by Gasteiger charge is 2.25. The Balaban J connectivity index is 1.81. The standard InChI is InChI=1S/C27H32N6O2/c1-18-25(24(34)17-32-12-6-5-7-13-32)26-22(33(18)21-10-8-20(29-2)9-11-21)14-19(16-30-26)15-23(27(28)35)31(3)4/h8-11,14,16,23H,5-7,12-13,15,17H2,1,3-4H3,(H2,28,35). The molecule has 3 aromatic rings. The molecule has 1 atom stereocenters. The molecule has 1 unspecified atom stereocenters. The van der Waals surface area contributed by atoms with E-state index >= 15 is 0 Å². The van der Waals surface area contributed by atoms with Gasteiger partial charge in [-0.05, 0) is 77.1 Å². The van der Waals surface area contributed by atoms with Crippen LogP contribution in [-0.4, -0.2) is 70.8 Å². The normalized spacial score (nSPS) is 15.3. The minimum Gasteiger partial charge on any atom is -0.368 e. The predicted molar refractivity (Wildman–Crippen MR) is 137 cm³/mol. The van der Waals surface area contributed by atoms with Crippen LogP contribution in [0.25, 0.3) is 21.6 Å². The van der Waals surface area contributed by atoms with Gasteiger partial charge in [-0.3, -0.25) is 24.4 Å². The van der Waals surface area contributed by atoms with Crippen molar-refractivity contribution >= 4 is 28.4 Å². The number of piperidine rings is 1. The van der Waals surface area contributed by atoms with Crippen molar-refractivity contribution in [2.45, 2.75) is 38.6 Å². The molecule has 0 saturated carbocycles. The fourth-order valence-electron chi connectivity index (χ4n) is 4.94. The number of likely N-dealkylation sites (N-methyl/N-ethyl adjacent to an activating group) is 1. The van der Waals surface area contributed by atoms with Gasteiger partial charge in [0.25, 0.3) is 0 Å². The Morgan fingerprint density at radius 3 is 2.46 bits per heavy atom. The van der Waals surface area contributed by atoms with Crippen LogP contribution in [0.4, 0.5) is 5.69 Å². The molecule has 0 aliphatic carbocycles. The molecule has 35 heavy (non-hydrogen) atoms. The van der Waals surface area contributed by atoms with E-state index < -0.39 is 11.9 Å². The summed E-state index contributed by atoms with van der Waals surface area (Å²) in [5.41, 5.74) is 10.8. The van der Waals surface area contributed by atoms with Crippen LogP contribution in [0.2, 0.25) is 0 Å². The zero-order valence-electron chi connectivity index (χ0n) is 20.6. The maximum Gasteiger partial charge on any atom is 0.235 e. The third-order valence-electron chi connectivity index (χ3n) is 6.81. The summed E-state index contributed by atoms with van der Waals surface area (Å²) in [6, 6.07) is 8.85. The van der Waals surface area contributed by atoms with E-state index in [0.29, 0.717) is 29.7 Å². The molecule has 4 rings (SSSR count). The highest BCUT2D eigenvalue weighted by atomic mass is 16.1. The molecule has 3 heterocycles. The number of pyridine rings is 1. The number of hydrogen-bond donors (Lipinski definition) is 1. The van der Waals surface area contributed by atoms with Gasteiger partial charge in [0.15, 0.2) is 11.5 Å². The van der Waals surface area contributed by atoms with Gasteiger partial charge >= 0.3 is 0 Å². The molecule has 1 aliphatic rings. The van der Waals surface area contributed by atoms with Crippen LogP contribution >= 0.6 is 0 Å². The summed E-state index contributed by atoms with van der Waals surface area (Å²) in [5.74, 6) is -0.330. The number of fused-ring (bicyclic) bond motifs is 1. The number of likely N-dealkylation sites (tertiary alicyclic amines) is 1. The topological polar surface area (TPSA) is 88.8 Å². The van der Waals surface area contributed by atoms with E-state index in [1.807, 2.05) is 43.8 Å². The molecule has 0 radical (unpaired) electrons. The molecule has 1 aliphatic heterocycles. The lowest BCUT2D eigenvalue weighted by atomic mass is 10.0. The summed E-state index contributed by atoms with van der Waals surface area (Å²) in [6.07, 6.45) is 5.62. The minimum atomic E-state index is -0.461. The van der Waals surface area contributed by atoms with Crippen LogP contribution in [0.15, 0.2) is 36.5 Å². The van der Waals surface area contributed by atoms with Crippen LogP contribution in [0.3, 0.4) is 0 Å². The largest absolute Gasteiger partial charge is 0.368 e. The Labute approximate surface area is 206 Å². The Hall–Kier alpha value is -3.54. The third-order valence-corrected chi connectivity index (χ3v) is 6.81. The van der Waals surface area contributed by atoms with Crippen molar-refractivity contribution in [2.75, 3.05) is 33.7 Å². The monoisotopic (exact) mass is 472 g/mol. The van der Waals surface area contributed by atoms with E-state index in [0.717, 1.165) is 48.4 Å². The Bertz CT molecular complexity index is 1280. The van der Waals surface area contributed by atoms with Gasteiger partial charge in [-0.25, -0.2) is 4.85 Å². The first-order valence-electron chi connectivity index (χ1n) is 12.0. The Kier molecular flexibility index (Phi) is 7.29. The third kappa shape index (κ3) is 5.11. The van der Waals surface area contributed by atoms with Crippen LogP contribution in [-0.2, 0) is 11.2 Å². The number of carbonyl (C=O) groups excluding carboxylic acids is 2. The molecule has 0 bridgehead atoms. The Morgan fingerprint density at radius 1 is 1.17 bits per heavy atom. The van der Waals surface area contributed by atoms with Gasteiger partial charge in [0.05, 0.1) is 35.8 Å². The number of rotatable bonds is 8. The average molecular weight is 473 g/mol.